The van der Waals surface area contributed by atoms with Gasteiger partial charge < -0.3 is 15.0 Å². The van der Waals surface area contributed by atoms with Crippen LogP contribution in [0.15, 0.2) is 36.9 Å². The summed E-state index contributed by atoms with van der Waals surface area (Å²) >= 11 is 0. The molecule has 9 nitrogen and oxygen atoms in total. The van der Waals surface area contributed by atoms with Crippen LogP contribution in [0.5, 0.6) is 5.75 Å². The number of aromatic amines is 1. The highest BCUT2D eigenvalue weighted by atomic mass is 32.2. The van der Waals surface area contributed by atoms with Crippen molar-refractivity contribution in [2.45, 2.75) is 12.8 Å². The molecule has 5 N–H and O–H groups in total. The monoisotopic (exact) mass is 390 g/mol. The number of benzene rings is 1. The van der Waals surface area contributed by atoms with E-state index in [2.05, 4.69) is 25.0 Å². The van der Waals surface area contributed by atoms with Gasteiger partial charge in [0.15, 0.2) is 0 Å². The fraction of sp³-hybridized carbons (Fsp3) is 0.294. The Bertz CT molecular complexity index is 1000. The van der Waals surface area contributed by atoms with Gasteiger partial charge in [-0.3, -0.25) is 0 Å². The summed E-state index contributed by atoms with van der Waals surface area (Å²) in [6, 6.07) is 5.86. The number of nitrogens with two attached hydrogens (primary N) is 1. The zero-order valence-corrected chi connectivity index (χ0v) is 15.7. The minimum Gasteiger partial charge on any atom is -0.496 e. The maximum atomic E-state index is 10.8. The molecule has 0 spiro atoms. The molecule has 27 heavy (non-hydrogen) atoms. The zero-order chi connectivity index (χ0) is 19.3. The SMILES string of the molecule is COc1cc2c(NCCCCNS(N)(=O)=O)ncnc2cc1-c1cc[nH]c1. The molecule has 0 radical (unpaired) electrons. The topological polar surface area (TPSA) is 135 Å². The maximum Gasteiger partial charge on any atom is 0.274 e. The van der Waals surface area contributed by atoms with Crippen LogP contribution in [0.1, 0.15) is 12.8 Å². The molecule has 144 valence electrons. The molecule has 3 aromatic rings. The first-order valence-corrected chi connectivity index (χ1v) is 10.00. The van der Waals surface area contributed by atoms with Crippen molar-refractivity contribution in [2.75, 3.05) is 25.5 Å². The number of hydrogen-bond donors (Lipinski definition) is 4. The molecule has 0 unspecified atom stereocenters. The van der Waals surface area contributed by atoms with Crippen molar-refractivity contribution in [3.05, 3.63) is 36.9 Å². The standard InChI is InChI=1S/C17H22N6O3S/c1-26-16-9-14-15(8-13(16)12-4-7-19-10-12)21-11-22-17(14)20-5-2-3-6-23-27(18,24)25/h4,7-11,19,23H,2-3,5-6H2,1H3,(H2,18,24,25)(H,20,21,22). The zero-order valence-electron chi connectivity index (χ0n) is 14.9. The number of methoxy groups -OCH3 is 1. The van der Waals surface area contributed by atoms with E-state index in [1.165, 1.54) is 6.33 Å². The lowest BCUT2D eigenvalue weighted by atomic mass is 10.0. The van der Waals surface area contributed by atoms with Gasteiger partial charge in [0.1, 0.15) is 17.9 Å². The average molecular weight is 390 g/mol. The highest BCUT2D eigenvalue weighted by Crippen LogP contribution is 2.35. The third-order valence-electron chi connectivity index (χ3n) is 4.06. The molecular weight excluding hydrogens is 368 g/mol. The Hall–Kier alpha value is -2.69. The maximum absolute atomic E-state index is 10.8. The van der Waals surface area contributed by atoms with Crippen LogP contribution in [-0.2, 0) is 10.2 Å². The first-order valence-electron chi connectivity index (χ1n) is 8.45. The van der Waals surface area contributed by atoms with E-state index in [4.69, 9.17) is 9.88 Å². The fourth-order valence-corrected chi connectivity index (χ4v) is 3.21. The molecule has 10 heteroatoms. The van der Waals surface area contributed by atoms with Crippen molar-refractivity contribution in [3.63, 3.8) is 0 Å². The first-order chi connectivity index (χ1) is 13.0. The predicted molar refractivity (Wildman–Crippen MR) is 105 cm³/mol. The largest absolute Gasteiger partial charge is 0.496 e. The Morgan fingerprint density at radius 3 is 2.74 bits per heavy atom. The molecule has 0 amide bonds. The summed E-state index contributed by atoms with van der Waals surface area (Å²) in [6.45, 7) is 0.944. The van der Waals surface area contributed by atoms with Crippen LogP contribution in [-0.4, -0.2) is 43.6 Å². The lowest BCUT2D eigenvalue weighted by Crippen LogP contribution is -2.31. The number of ether oxygens (including phenoxy) is 1. The molecule has 0 aliphatic rings. The lowest BCUT2D eigenvalue weighted by Gasteiger charge is -2.12. The second-order valence-corrected chi connectivity index (χ2v) is 7.34. The number of nitrogens with zero attached hydrogens (tertiary/aromatic N) is 2. The van der Waals surface area contributed by atoms with E-state index in [1.54, 1.807) is 7.11 Å². The number of rotatable bonds is 9. The van der Waals surface area contributed by atoms with Crippen molar-refractivity contribution in [1.82, 2.24) is 19.7 Å². The van der Waals surface area contributed by atoms with Gasteiger partial charge in [-0.05, 0) is 31.0 Å². The van der Waals surface area contributed by atoms with Crippen LogP contribution in [0, 0.1) is 0 Å². The lowest BCUT2D eigenvalue weighted by molar-refractivity contribution is 0.417. The number of fused-ring (bicyclic) bond motifs is 1. The summed E-state index contributed by atoms with van der Waals surface area (Å²) in [5.74, 6) is 1.44. The van der Waals surface area contributed by atoms with Crippen molar-refractivity contribution in [3.8, 4) is 16.9 Å². The molecule has 0 fully saturated rings. The van der Waals surface area contributed by atoms with E-state index in [-0.39, 0.29) is 0 Å². The van der Waals surface area contributed by atoms with Gasteiger partial charge in [-0.1, -0.05) is 0 Å². The van der Waals surface area contributed by atoms with Crippen LogP contribution >= 0.6 is 0 Å². The number of nitrogens with one attached hydrogen (secondary N) is 3. The van der Waals surface area contributed by atoms with Gasteiger partial charge in [-0.25, -0.2) is 19.8 Å². The van der Waals surface area contributed by atoms with Gasteiger partial charge in [0, 0.05) is 42.0 Å². The molecule has 3 rings (SSSR count). The van der Waals surface area contributed by atoms with E-state index < -0.39 is 10.2 Å². The van der Waals surface area contributed by atoms with Gasteiger partial charge in [-0.2, -0.15) is 8.42 Å². The Labute approximate surface area is 157 Å². The van der Waals surface area contributed by atoms with Crippen LogP contribution in [0.4, 0.5) is 5.82 Å². The molecule has 0 atom stereocenters. The van der Waals surface area contributed by atoms with E-state index in [0.717, 1.165) is 34.2 Å². The van der Waals surface area contributed by atoms with Crippen LogP contribution in [0.25, 0.3) is 22.0 Å². The molecular formula is C17H22N6O3S. The molecule has 0 saturated heterocycles. The summed E-state index contributed by atoms with van der Waals surface area (Å²) in [5.41, 5.74) is 2.77. The average Bonchev–Trinajstić information content (AvgIpc) is 3.17. The van der Waals surface area contributed by atoms with Crippen LogP contribution < -0.4 is 19.9 Å². The quantitative estimate of drug-likeness (QED) is 0.410. The Kier molecular flexibility index (Phi) is 5.89. The Balaban J connectivity index is 1.73. The minimum absolute atomic E-state index is 0.304. The van der Waals surface area contributed by atoms with Crippen molar-refractivity contribution in [2.24, 2.45) is 5.14 Å². The number of unbranched alkanes of at least 4 members (excludes halogenated alkanes) is 1. The fourth-order valence-electron chi connectivity index (χ4n) is 2.78. The van der Waals surface area contributed by atoms with E-state index >= 15 is 0 Å². The van der Waals surface area contributed by atoms with Gasteiger partial charge in [0.2, 0.25) is 0 Å². The summed E-state index contributed by atoms with van der Waals surface area (Å²) in [6.07, 6.45) is 6.69. The highest BCUT2D eigenvalue weighted by molar-refractivity contribution is 7.87. The molecule has 1 aromatic carbocycles. The molecule has 0 aliphatic carbocycles. The Morgan fingerprint density at radius 1 is 1.22 bits per heavy atom. The van der Waals surface area contributed by atoms with E-state index in [0.29, 0.717) is 25.3 Å². The molecule has 2 aromatic heterocycles. The van der Waals surface area contributed by atoms with E-state index in [9.17, 15) is 8.42 Å². The molecule has 0 bridgehead atoms. The normalized spacial score (nSPS) is 11.6. The first kappa shape index (κ1) is 19.1. The second-order valence-electron chi connectivity index (χ2n) is 5.96. The van der Waals surface area contributed by atoms with Gasteiger partial charge >= 0.3 is 0 Å². The van der Waals surface area contributed by atoms with Gasteiger partial charge in [-0.15, -0.1) is 0 Å². The predicted octanol–water partition coefficient (Wildman–Crippen LogP) is 1.62. The van der Waals surface area contributed by atoms with Gasteiger partial charge in [0.25, 0.3) is 10.2 Å². The number of H-pyrrole nitrogens is 1. The summed E-state index contributed by atoms with van der Waals surface area (Å²) in [4.78, 5) is 11.7. The highest BCUT2D eigenvalue weighted by Gasteiger charge is 2.12. The van der Waals surface area contributed by atoms with Crippen molar-refractivity contribution < 1.29 is 13.2 Å². The summed E-state index contributed by atoms with van der Waals surface area (Å²) < 4.78 is 29.5. The molecule has 0 saturated carbocycles. The summed E-state index contributed by atoms with van der Waals surface area (Å²) in [7, 11) is -2.00. The smallest absolute Gasteiger partial charge is 0.274 e. The van der Waals surface area contributed by atoms with Crippen molar-refractivity contribution in [1.29, 1.82) is 0 Å². The second kappa shape index (κ2) is 8.33. The number of aromatic nitrogens is 3. The summed E-state index contributed by atoms with van der Waals surface area (Å²) in [5, 5.41) is 9.02. The molecule has 2 heterocycles. The van der Waals surface area contributed by atoms with Gasteiger partial charge in [0.05, 0.1) is 12.6 Å². The van der Waals surface area contributed by atoms with E-state index in [1.807, 2.05) is 30.6 Å². The van der Waals surface area contributed by atoms with Crippen LogP contribution in [0.3, 0.4) is 0 Å². The third-order valence-corrected chi connectivity index (χ3v) is 4.67. The van der Waals surface area contributed by atoms with Crippen LogP contribution in [0.2, 0.25) is 0 Å². The van der Waals surface area contributed by atoms with Crippen molar-refractivity contribution >= 4 is 26.9 Å². The molecule has 0 aliphatic heterocycles. The minimum atomic E-state index is -3.63. The number of hydrogen-bond acceptors (Lipinski definition) is 6. The Morgan fingerprint density at radius 2 is 2.04 bits per heavy atom. The number of anilines is 1. The third kappa shape index (κ3) is 4.94.